The van der Waals surface area contributed by atoms with Gasteiger partial charge in [0.1, 0.15) is 0 Å². The van der Waals surface area contributed by atoms with Crippen LogP contribution in [-0.2, 0) is 9.59 Å². The van der Waals surface area contributed by atoms with Crippen LogP contribution in [0.1, 0.15) is 0 Å². The summed E-state index contributed by atoms with van der Waals surface area (Å²) in [6.45, 7) is 0. The molecule has 2 amide bonds. The minimum absolute atomic E-state index is 0.602. The molecular formula is C14H12N4O2. The predicted molar refractivity (Wildman–Crippen MR) is 76.4 cm³/mol. The van der Waals surface area contributed by atoms with E-state index in [0.29, 0.717) is 35.6 Å². The number of nitrogens with zero attached hydrogens (tertiary/aromatic N) is 2. The maximum Gasteiger partial charge on any atom is 0.211 e. The van der Waals surface area contributed by atoms with Crippen LogP contribution in [0.25, 0.3) is 0 Å². The average Bonchev–Trinajstić information content (AvgIpc) is 2.47. The first-order valence-electron chi connectivity index (χ1n) is 5.84. The molecule has 2 N–H and O–H groups in total. The number of carbonyl (C=O) groups excluding carboxylic acids is 2. The first-order chi connectivity index (χ1) is 9.81. The van der Waals surface area contributed by atoms with Crippen LogP contribution < -0.4 is 10.6 Å². The fourth-order valence-electron chi connectivity index (χ4n) is 1.57. The van der Waals surface area contributed by atoms with Crippen LogP contribution in [0.4, 0.5) is 22.7 Å². The van der Waals surface area contributed by atoms with Crippen LogP contribution in [-0.4, -0.2) is 12.8 Å². The Labute approximate surface area is 115 Å². The molecule has 2 rings (SSSR count). The lowest BCUT2D eigenvalue weighted by Gasteiger charge is -2.00. The largest absolute Gasteiger partial charge is 0.329 e. The molecule has 0 heterocycles. The van der Waals surface area contributed by atoms with Gasteiger partial charge in [0.15, 0.2) is 0 Å². The van der Waals surface area contributed by atoms with Crippen LogP contribution in [0, 0.1) is 0 Å². The summed E-state index contributed by atoms with van der Waals surface area (Å²) in [5.74, 6) is 0. The molecule has 0 aliphatic rings. The Morgan fingerprint density at radius 3 is 1.60 bits per heavy atom. The molecule has 20 heavy (non-hydrogen) atoms. The Hall–Kier alpha value is -3.02. The Bertz CT molecular complexity index is 585. The van der Waals surface area contributed by atoms with Gasteiger partial charge in [-0.05, 0) is 36.4 Å². The molecule has 0 saturated heterocycles. The molecule has 0 unspecified atom stereocenters. The number of carbonyl (C=O) groups is 2. The van der Waals surface area contributed by atoms with Gasteiger partial charge in [-0.1, -0.05) is 12.1 Å². The summed E-state index contributed by atoms with van der Waals surface area (Å²) in [6.07, 6.45) is 1.20. The lowest BCUT2D eigenvalue weighted by atomic mass is 10.3. The highest BCUT2D eigenvalue weighted by atomic mass is 16.1. The first-order valence-corrected chi connectivity index (χ1v) is 5.84. The number of benzene rings is 2. The molecule has 0 aliphatic carbocycles. The maximum absolute atomic E-state index is 10.4. The molecule has 0 atom stereocenters. The molecule has 0 fully saturated rings. The van der Waals surface area contributed by atoms with E-state index in [4.69, 9.17) is 0 Å². The minimum Gasteiger partial charge on any atom is -0.329 e. The predicted octanol–water partition coefficient (Wildman–Crippen LogP) is 3.24. The molecule has 6 heteroatoms. The number of azo groups is 1. The number of amides is 2. The summed E-state index contributed by atoms with van der Waals surface area (Å²) in [5, 5.41) is 13.2. The average molecular weight is 268 g/mol. The third-order valence-electron chi connectivity index (χ3n) is 2.42. The highest BCUT2D eigenvalue weighted by Gasteiger charge is 1.95. The third kappa shape index (κ3) is 3.74. The normalized spacial score (nSPS) is 10.2. The van der Waals surface area contributed by atoms with Crippen molar-refractivity contribution in [2.45, 2.75) is 0 Å². The summed E-state index contributed by atoms with van der Waals surface area (Å²) < 4.78 is 0. The zero-order valence-electron chi connectivity index (χ0n) is 10.5. The van der Waals surface area contributed by atoms with Gasteiger partial charge in [-0.25, -0.2) is 0 Å². The van der Waals surface area contributed by atoms with Crippen LogP contribution >= 0.6 is 0 Å². The number of anilines is 2. The molecule has 0 saturated carbocycles. The van der Waals surface area contributed by atoms with Gasteiger partial charge in [0.25, 0.3) is 0 Å². The highest BCUT2D eigenvalue weighted by Crippen LogP contribution is 2.22. The van der Waals surface area contributed by atoms with Gasteiger partial charge < -0.3 is 10.6 Å². The van der Waals surface area contributed by atoms with E-state index in [2.05, 4.69) is 20.9 Å². The van der Waals surface area contributed by atoms with E-state index in [9.17, 15) is 9.59 Å². The summed E-state index contributed by atoms with van der Waals surface area (Å²) >= 11 is 0. The second-order valence-corrected chi connectivity index (χ2v) is 3.83. The lowest BCUT2D eigenvalue weighted by molar-refractivity contribution is -0.106. The Balaban J connectivity index is 2.16. The van der Waals surface area contributed by atoms with E-state index in [1.54, 1.807) is 48.5 Å². The van der Waals surface area contributed by atoms with Gasteiger partial charge in [0.2, 0.25) is 12.8 Å². The molecule has 0 spiro atoms. The van der Waals surface area contributed by atoms with Crippen molar-refractivity contribution in [3.8, 4) is 0 Å². The summed E-state index contributed by atoms with van der Waals surface area (Å²) in [4.78, 5) is 20.7. The van der Waals surface area contributed by atoms with E-state index in [1.807, 2.05) is 0 Å². The van der Waals surface area contributed by atoms with E-state index in [-0.39, 0.29) is 0 Å². The molecule has 0 aromatic heterocycles. The molecule has 100 valence electrons. The molecule has 0 aliphatic heterocycles. The highest BCUT2D eigenvalue weighted by molar-refractivity contribution is 5.73. The van der Waals surface area contributed by atoms with Gasteiger partial charge in [0, 0.05) is 11.4 Å². The third-order valence-corrected chi connectivity index (χ3v) is 2.42. The van der Waals surface area contributed by atoms with Crippen molar-refractivity contribution in [2.24, 2.45) is 10.2 Å². The molecular weight excluding hydrogens is 256 g/mol. The monoisotopic (exact) mass is 268 g/mol. The van der Waals surface area contributed by atoms with Crippen LogP contribution in [0.15, 0.2) is 58.8 Å². The van der Waals surface area contributed by atoms with Gasteiger partial charge >= 0.3 is 0 Å². The van der Waals surface area contributed by atoms with Crippen molar-refractivity contribution in [3.05, 3.63) is 48.5 Å². The quantitative estimate of drug-likeness (QED) is 0.622. The summed E-state index contributed by atoms with van der Waals surface area (Å²) in [7, 11) is 0. The van der Waals surface area contributed by atoms with Crippen molar-refractivity contribution < 1.29 is 9.59 Å². The first kappa shape index (κ1) is 13.4. The fraction of sp³-hybridized carbons (Fsp3) is 0. The van der Waals surface area contributed by atoms with Gasteiger partial charge in [-0.2, -0.15) is 10.2 Å². The second kappa shape index (κ2) is 6.79. The molecule has 0 radical (unpaired) electrons. The lowest BCUT2D eigenvalue weighted by Crippen LogP contribution is -1.92. The number of hydrogen-bond donors (Lipinski definition) is 2. The fourth-order valence-corrected chi connectivity index (χ4v) is 1.57. The molecule has 0 bridgehead atoms. The Morgan fingerprint density at radius 1 is 0.750 bits per heavy atom. The maximum atomic E-state index is 10.4. The minimum atomic E-state index is 0.602. The summed E-state index contributed by atoms with van der Waals surface area (Å²) in [5.41, 5.74) is 2.52. The van der Waals surface area contributed by atoms with E-state index in [0.717, 1.165) is 0 Å². The van der Waals surface area contributed by atoms with Gasteiger partial charge in [-0.15, -0.1) is 0 Å². The van der Waals surface area contributed by atoms with Gasteiger partial charge in [-0.3, -0.25) is 9.59 Å². The SMILES string of the molecule is O=CNc1cccc(/N=N/c2cccc(NC=O)c2)c1. The van der Waals surface area contributed by atoms with Crippen molar-refractivity contribution >= 4 is 35.6 Å². The Kier molecular flexibility index (Phi) is 4.55. The van der Waals surface area contributed by atoms with Gasteiger partial charge in [0.05, 0.1) is 11.4 Å². The molecule has 6 nitrogen and oxygen atoms in total. The number of hydrogen-bond acceptors (Lipinski definition) is 4. The Morgan fingerprint density at radius 2 is 1.20 bits per heavy atom. The van der Waals surface area contributed by atoms with Crippen molar-refractivity contribution in [1.29, 1.82) is 0 Å². The molecule has 2 aromatic rings. The van der Waals surface area contributed by atoms with Crippen molar-refractivity contribution in [3.63, 3.8) is 0 Å². The van der Waals surface area contributed by atoms with Crippen molar-refractivity contribution in [2.75, 3.05) is 10.6 Å². The second-order valence-electron chi connectivity index (χ2n) is 3.83. The van der Waals surface area contributed by atoms with E-state index in [1.165, 1.54) is 0 Å². The smallest absolute Gasteiger partial charge is 0.211 e. The summed E-state index contributed by atoms with van der Waals surface area (Å²) in [6, 6.07) is 14.0. The van der Waals surface area contributed by atoms with E-state index >= 15 is 0 Å². The number of nitrogens with one attached hydrogen (secondary N) is 2. The number of rotatable bonds is 6. The molecule has 2 aromatic carbocycles. The standard InChI is InChI=1S/C14H12N4O2/c19-9-15-11-3-1-5-13(7-11)17-18-14-6-2-4-12(8-14)16-10-20/h1-10H,(H,15,19)(H,16,20)/b18-17+. The van der Waals surface area contributed by atoms with Crippen LogP contribution in [0.5, 0.6) is 0 Å². The zero-order valence-corrected chi connectivity index (χ0v) is 10.5. The zero-order chi connectivity index (χ0) is 14.2. The van der Waals surface area contributed by atoms with Crippen LogP contribution in [0.3, 0.4) is 0 Å². The van der Waals surface area contributed by atoms with Crippen LogP contribution in [0.2, 0.25) is 0 Å². The van der Waals surface area contributed by atoms with E-state index < -0.39 is 0 Å². The van der Waals surface area contributed by atoms with Crippen molar-refractivity contribution in [1.82, 2.24) is 0 Å². The topological polar surface area (TPSA) is 82.9 Å².